The van der Waals surface area contributed by atoms with Gasteiger partial charge in [-0.3, -0.25) is 4.48 Å². The van der Waals surface area contributed by atoms with Crippen LogP contribution in [-0.4, -0.2) is 69.7 Å². The van der Waals surface area contributed by atoms with Crippen LogP contribution in [0.4, 0.5) is 0 Å². The van der Waals surface area contributed by atoms with E-state index >= 15 is 0 Å². The molecule has 0 spiro atoms. The van der Waals surface area contributed by atoms with E-state index in [4.69, 9.17) is 14.2 Å². The fourth-order valence-electron chi connectivity index (χ4n) is 2.62. The third kappa shape index (κ3) is 4.53. The van der Waals surface area contributed by atoms with Crippen LogP contribution in [0.5, 0.6) is 0 Å². The minimum absolute atomic E-state index is 0.0513. The maximum Gasteiger partial charge on any atom is 0.314 e. The van der Waals surface area contributed by atoms with Gasteiger partial charge in [-0.2, -0.15) is 0 Å². The Bertz CT molecular complexity index is 285. The molecule has 112 valence electrons. The number of likely N-dealkylation sites (N-methyl/N-ethyl adjacent to an activating group) is 1. The zero-order valence-electron chi connectivity index (χ0n) is 12.7. The van der Waals surface area contributed by atoms with Gasteiger partial charge in [0.1, 0.15) is 12.6 Å². The van der Waals surface area contributed by atoms with Crippen LogP contribution in [0.25, 0.3) is 0 Å². The molecule has 1 fully saturated rings. The summed E-state index contributed by atoms with van der Waals surface area (Å²) in [5.74, 6) is 0.340. The van der Waals surface area contributed by atoms with Crippen LogP contribution in [0.3, 0.4) is 0 Å². The van der Waals surface area contributed by atoms with E-state index in [2.05, 4.69) is 6.92 Å². The van der Waals surface area contributed by atoms with E-state index in [-0.39, 0.29) is 12.2 Å². The summed E-state index contributed by atoms with van der Waals surface area (Å²) in [6, 6.07) is 0. The Hall–Kier alpha value is -0.490. The molecule has 1 rings (SSSR count). The van der Waals surface area contributed by atoms with Gasteiger partial charge in [0.05, 0.1) is 38.8 Å². The average molecular weight is 274 g/mol. The molecule has 0 aromatic carbocycles. The van der Waals surface area contributed by atoms with Gasteiger partial charge in [-0.25, -0.2) is 4.79 Å². The zero-order chi connectivity index (χ0) is 14.3. The van der Waals surface area contributed by atoms with Crippen molar-refractivity contribution >= 4 is 5.91 Å². The van der Waals surface area contributed by atoms with Gasteiger partial charge in [-0.05, 0) is 13.8 Å². The smallest absolute Gasteiger partial charge is 0.314 e. The molecule has 1 aliphatic heterocycles. The van der Waals surface area contributed by atoms with E-state index < -0.39 is 0 Å². The standard InChI is InChI=1S/C14H28NO4/c1-5-15(8-6-7-14(15)16)9-13(11-17-3)19-10-12(2)18-4/h12-13H,5-11H2,1-4H3/q+1. The molecule has 1 saturated heterocycles. The molecule has 0 aliphatic carbocycles. The van der Waals surface area contributed by atoms with E-state index in [0.29, 0.717) is 36.6 Å². The molecule has 3 unspecified atom stereocenters. The van der Waals surface area contributed by atoms with E-state index in [0.717, 1.165) is 19.5 Å². The van der Waals surface area contributed by atoms with Gasteiger partial charge in [0.2, 0.25) is 0 Å². The first-order chi connectivity index (χ1) is 9.07. The Morgan fingerprint density at radius 2 is 2.05 bits per heavy atom. The lowest BCUT2D eigenvalue weighted by molar-refractivity contribution is -0.848. The number of quaternary nitrogens is 1. The number of ether oxygens (including phenoxy) is 3. The number of amides is 1. The molecule has 19 heavy (non-hydrogen) atoms. The predicted molar refractivity (Wildman–Crippen MR) is 72.9 cm³/mol. The summed E-state index contributed by atoms with van der Waals surface area (Å²) in [5.41, 5.74) is 0. The van der Waals surface area contributed by atoms with Gasteiger partial charge in [-0.15, -0.1) is 0 Å². The summed E-state index contributed by atoms with van der Waals surface area (Å²) in [7, 11) is 3.33. The first-order valence-electron chi connectivity index (χ1n) is 7.10. The fourth-order valence-corrected chi connectivity index (χ4v) is 2.62. The van der Waals surface area contributed by atoms with Crippen LogP contribution in [0.1, 0.15) is 26.7 Å². The van der Waals surface area contributed by atoms with E-state index in [1.165, 1.54) is 0 Å². The average Bonchev–Trinajstić information content (AvgIpc) is 2.77. The molecule has 0 bridgehead atoms. The third-order valence-electron chi connectivity index (χ3n) is 3.99. The van der Waals surface area contributed by atoms with Gasteiger partial charge in [0.25, 0.3) is 0 Å². The van der Waals surface area contributed by atoms with Crippen molar-refractivity contribution in [2.75, 3.05) is 47.1 Å². The lowest BCUT2D eigenvalue weighted by Gasteiger charge is -2.33. The van der Waals surface area contributed by atoms with Gasteiger partial charge in [0.15, 0.2) is 0 Å². The molecule has 1 heterocycles. The van der Waals surface area contributed by atoms with Crippen molar-refractivity contribution in [1.82, 2.24) is 0 Å². The highest BCUT2D eigenvalue weighted by atomic mass is 16.5. The predicted octanol–water partition coefficient (Wildman–Crippen LogP) is 1.21. The summed E-state index contributed by atoms with van der Waals surface area (Å²) in [5, 5.41) is 0. The van der Waals surface area contributed by atoms with Crippen LogP contribution < -0.4 is 0 Å². The van der Waals surface area contributed by atoms with E-state index in [1.54, 1.807) is 14.2 Å². The molecule has 1 aliphatic rings. The Morgan fingerprint density at radius 3 is 2.53 bits per heavy atom. The molecular weight excluding hydrogens is 246 g/mol. The minimum Gasteiger partial charge on any atom is -0.382 e. The normalized spacial score (nSPS) is 26.6. The van der Waals surface area contributed by atoms with Crippen molar-refractivity contribution in [1.29, 1.82) is 0 Å². The lowest BCUT2D eigenvalue weighted by atomic mass is 10.2. The monoisotopic (exact) mass is 274 g/mol. The summed E-state index contributed by atoms with van der Waals surface area (Å²) in [4.78, 5) is 12.1. The third-order valence-corrected chi connectivity index (χ3v) is 3.99. The van der Waals surface area contributed by atoms with Crippen molar-refractivity contribution in [2.24, 2.45) is 0 Å². The number of carbonyl (C=O) groups excluding carboxylic acids is 1. The number of rotatable bonds is 9. The largest absolute Gasteiger partial charge is 0.382 e. The van der Waals surface area contributed by atoms with E-state index in [1.807, 2.05) is 6.92 Å². The molecule has 3 atom stereocenters. The number of nitrogens with zero attached hydrogens (tertiary/aromatic N) is 1. The highest BCUT2D eigenvalue weighted by molar-refractivity contribution is 5.70. The van der Waals surface area contributed by atoms with Crippen molar-refractivity contribution < 1.29 is 23.5 Å². The Labute approximate surface area is 116 Å². The maximum absolute atomic E-state index is 12.1. The van der Waals surface area contributed by atoms with Crippen LogP contribution in [0.15, 0.2) is 0 Å². The molecule has 0 aromatic rings. The Balaban J connectivity index is 2.58. The second-order valence-corrected chi connectivity index (χ2v) is 5.32. The van der Waals surface area contributed by atoms with Crippen LogP contribution in [0.2, 0.25) is 0 Å². The minimum atomic E-state index is -0.0513. The molecule has 0 saturated carbocycles. The summed E-state index contributed by atoms with van der Waals surface area (Å²) < 4.78 is 16.8. The van der Waals surface area contributed by atoms with Crippen LogP contribution in [0, 0.1) is 0 Å². The van der Waals surface area contributed by atoms with Crippen molar-refractivity contribution in [3.63, 3.8) is 0 Å². The number of carbonyl (C=O) groups is 1. The molecule has 0 N–H and O–H groups in total. The van der Waals surface area contributed by atoms with Gasteiger partial charge < -0.3 is 14.2 Å². The Morgan fingerprint density at radius 1 is 1.32 bits per heavy atom. The van der Waals surface area contributed by atoms with Crippen molar-refractivity contribution in [3.05, 3.63) is 0 Å². The number of hydrogen-bond donors (Lipinski definition) is 0. The second kappa shape index (κ2) is 7.94. The molecule has 1 amide bonds. The highest BCUT2D eigenvalue weighted by Crippen LogP contribution is 2.22. The summed E-state index contributed by atoms with van der Waals surface area (Å²) in [6.07, 6.45) is 1.69. The lowest BCUT2D eigenvalue weighted by Crippen LogP contribution is -2.54. The van der Waals surface area contributed by atoms with E-state index in [9.17, 15) is 4.79 Å². The Kier molecular flexibility index (Phi) is 6.93. The maximum atomic E-state index is 12.1. The van der Waals surface area contributed by atoms with Gasteiger partial charge in [0, 0.05) is 20.6 Å². The highest BCUT2D eigenvalue weighted by Gasteiger charge is 2.41. The van der Waals surface area contributed by atoms with Crippen LogP contribution >= 0.6 is 0 Å². The van der Waals surface area contributed by atoms with Crippen molar-refractivity contribution in [3.8, 4) is 0 Å². The number of likely N-dealkylation sites (tertiary alicyclic amines) is 1. The molecular formula is C14H28NO4+. The summed E-state index contributed by atoms with van der Waals surface area (Å²) >= 11 is 0. The first-order valence-corrected chi connectivity index (χ1v) is 7.10. The SMILES string of the molecule is CC[N+]1(CC(COC)OCC(C)OC)CCCC1=O. The topological polar surface area (TPSA) is 44.8 Å². The zero-order valence-corrected chi connectivity index (χ0v) is 12.7. The van der Waals surface area contributed by atoms with Crippen molar-refractivity contribution in [2.45, 2.75) is 38.9 Å². The molecule has 0 aromatic heterocycles. The number of methoxy groups -OCH3 is 2. The van der Waals surface area contributed by atoms with Crippen LogP contribution in [-0.2, 0) is 19.0 Å². The quantitative estimate of drug-likeness (QED) is 0.593. The second-order valence-electron chi connectivity index (χ2n) is 5.32. The first kappa shape index (κ1) is 16.6. The number of hydrogen-bond acceptors (Lipinski definition) is 4. The van der Waals surface area contributed by atoms with Gasteiger partial charge >= 0.3 is 5.91 Å². The molecule has 5 heteroatoms. The molecule has 5 nitrogen and oxygen atoms in total. The fraction of sp³-hybridized carbons (Fsp3) is 0.929. The van der Waals surface area contributed by atoms with Gasteiger partial charge in [-0.1, -0.05) is 0 Å². The molecule has 0 radical (unpaired) electrons. The summed E-state index contributed by atoms with van der Waals surface area (Å²) in [6.45, 7) is 7.56.